The standard InChI is InChI=1S/C11H14OS2/c1-13-10-6-3-7-11(14-2)9(10)5-4-8-12/h3,6-8H,4-5H2,1-2H3. The lowest BCUT2D eigenvalue weighted by molar-refractivity contribution is -0.107. The molecule has 0 spiro atoms. The first-order valence-corrected chi connectivity index (χ1v) is 6.92. The van der Waals surface area contributed by atoms with Crippen LogP contribution in [-0.4, -0.2) is 18.8 Å². The van der Waals surface area contributed by atoms with Gasteiger partial charge in [0.15, 0.2) is 0 Å². The lowest BCUT2D eigenvalue weighted by Gasteiger charge is -2.10. The zero-order valence-electron chi connectivity index (χ0n) is 8.45. The summed E-state index contributed by atoms with van der Waals surface area (Å²) in [5, 5.41) is 0. The van der Waals surface area contributed by atoms with Gasteiger partial charge in [-0.05, 0) is 36.6 Å². The van der Waals surface area contributed by atoms with Crippen molar-refractivity contribution in [2.24, 2.45) is 0 Å². The Bertz CT molecular complexity index is 288. The number of carbonyl (C=O) groups is 1. The van der Waals surface area contributed by atoms with Crippen molar-refractivity contribution in [2.75, 3.05) is 12.5 Å². The maximum absolute atomic E-state index is 10.4. The predicted octanol–water partition coefficient (Wildman–Crippen LogP) is 3.26. The second-order valence-electron chi connectivity index (χ2n) is 2.85. The summed E-state index contributed by atoms with van der Waals surface area (Å²) in [6.45, 7) is 0. The van der Waals surface area contributed by atoms with Gasteiger partial charge in [-0.25, -0.2) is 0 Å². The minimum atomic E-state index is 0.616. The normalized spacial score (nSPS) is 10.1. The molecule has 0 amide bonds. The molecule has 0 atom stereocenters. The Morgan fingerprint density at radius 1 is 1.21 bits per heavy atom. The second-order valence-corrected chi connectivity index (χ2v) is 4.54. The van der Waals surface area contributed by atoms with Crippen LogP contribution < -0.4 is 0 Å². The van der Waals surface area contributed by atoms with Crippen LogP contribution in [0.4, 0.5) is 0 Å². The Hall–Kier alpha value is -0.410. The van der Waals surface area contributed by atoms with Crippen molar-refractivity contribution < 1.29 is 4.79 Å². The molecule has 14 heavy (non-hydrogen) atoms. The first-order valence-electron chi connectivity index (χ1n) is 4.47. The summed E-state index contributed by atoms with van der Waals surface area (Å²) in [4.78, 5) is 12.9. The number of hydrogen-bond acceptors (Lipinski definition) is 3. The highest BCUT2D eigenvalue weighted by atomic mass is 32.2. The molecule has 1 nitrogen and oxygen atoms in total. The van der Waals surface area contributed by atoms with Crippen molar-refractivity contribution in [3.8, 4) is 0 Å². The van der Waals surface area contributed by atoms with Crippen LogP contribution in [0.5, 0.6) is 0 Å². The molecule has 0 saturated heterocycles. The summed E-state index contributed by atoms with van der Waals surface area (Å²) in [6, 6.07) is 6.30. The van der Waals surface area contributed by atoms with Crippen LogP contribution >= 0.6 is 23.5 Å². The zero-order chi connectivity index (χ0) is 10.4. The maximum Gasteiger partial charge on any atom is 0.120 e. The molecule has 0 fully saturated rings. The lowest BCUT2D eigenvalue weighted by Crippen LogP contribution is -1.92. The molecule has 1 aromatic rings. The van der Waals surface area contributed by atoms with E-state index in [4.69, 9.17) is 0 Å². The van der Waals surface area contributed by atoms with Crippen LogP contribution in [0, 0.1) is 0 Å². The van der Waals surface area contributed by atoms with Crippen LogP contribution in [0.15, 0.2) is 28.0 Å². The van der Waals surface area contributed by atoms with Gasteiger partial charge >= 0.3 is 0 Å². The van der Waals surface area contributed by atoms with Gasteiger partial charge in [0.25, 0.3) is 0 Å². The summed E-state index contributed by atoms with van der Waals surface area (Å²) in [5.41, 5.74) is 1.32. The van der Waals surface area contributed by atoms with Gasteiger partial charge in [0.2, 0.25) is 0 Å². The maximum atomic E-state index is 10.4. The zero-order valence-corrected chi connectivity index (χ0v) is 10.1. The van der Waals surface area contributed by atoms with Crippen molar-refractivity contribution in [1.29, 1.82) is 0 Å². The first-order chi connectivity index (χ1) is 6.83. The van der Waals surface area contributed by atoms with E-state index in [-0.39, 0.29) is 0 Å². The highest BCUT2D eigenvalue weighted by molar-refractivity contribution is 7.99. The van der Waals surface area contributed by atoms with E-state index < -0.39 is 0 Å². The molecule has 0 aliphatic heterocycles. The van der Waals surface area contributed by atoms with Crippen molar-refractivity contribution in [2.45, 2.75) is 22.6 Å². The van der Waals surface area contributed by atoms with Gasteiger partial charge in [-0.1, -0.05) is 6.07 Å². The van der Waals surface area contributed by atoms with Gasteiger partial charge in [-0.2, -0.15) is 0 Å². The third-order valence-corrected chi connectivity index (χ3v) is 3.69. The summed E-state index contributed by atoms with van der Waals surface area (Å²) in [6.07, 6.45) is 6.61. The van der Waals surface area contributed by atoms with E-state index in [1.165, 1.54) is 15.4 Å². The molecule has 0 heterocycles. The average Bonchev–Trinajstić information content (AvgIpc) is 2.25. The van der Waals surface area contributed by atoms with Crippen LogP contribution in [0.25, 0.3) is 0 Å². The molecule has 0 aromatic heterocycles. The summed E-state index contributed by atoms with van der Waals surface area (Å²) in [7, 11) is 0. The van der Waals surface area contributed by atoms with Gasteiger partial charge in [0.05, 0.1) is 0 Å². The topological polar surface area (TPSA) is 17.1 Å². The Morgan fingerprint density at radius 3 is 2.21 bits per heavy atom. The Kier molecular flexibility index (Phi) is 5.12. The lowest BCUT2D eigenvalue weighted by atomic mass is 10.1. The fraction of sp³-hybridized carbons (Fsp3) is 0.364. The molecule has 1 aromatic carbocycles. The number of aldehydes is 1. The fourth-order valence-electron chi connectivity index (χ4n) is 1.38. The molecular formula is C11H14OS2. The third-order valence-electron chi connectivity index (χ3n) is 2.04. The van der Waals surface area contributed by atoms with Crippen LogP contribution in [0.3, 0.4) is 0 Å². The Labute approximate surface area is 93.7 Å². The highest BCUT2D eigenvalue weighted by Crippen LogP contribution is 2.29. The van der Waals surface area contributed by atoms with Gasteiger partial charge in [0, 0.05) is 16.2 Å². The minimum absolute atomic E-state index is 0.616. The molecule has 0 bridgehead atoms. The monoisotopic (exact) mass is 226 g/mol. The number of benzene rings is 1. The molecule has 0 aliphatic carbocycles. The summed E-state index contributed by atoms with van der Waals surface area (Å²) < 4.78 is 0. The van der Waals surface area contributed by atoms with E-state index in [0.717, 1.165) is 12.7 Å². The predicted molar refractivity (Wildman–Crippen MR) is 64.4 cm³/mol. The minimum Gasteiger partial charge on any atom is -0.303 e. The largest absolute Gasteiger partial charge is 0.303 e. The van der Waals surface area contributed by atoms with E-state index in [1.54, 1.807) is 23.5 Å². The van der Waals surface area contributed by atoms with E-state index in [0.29, 0.717) is 6.42 Å². The van der Waals surface area contributed by atoms with Gasteiger partial charge in [-0.3, -0.25) is 0 Å². The van der Waals surface area contributed by atoms with Crippen molar-refractivity contribution >= 4 is 29.8 Å². The molecule has 0 saturated carbocycles. The highest BCUT2D eigenvalue weighted by Gasteiger charge is 2.06. The molecule has 0 aliphatic rings. The van der Waals surface area contributed by atoms with Crippen molar-refractivity contribution in [3.63, 3.8) is 0 Å². The van der Waals surface area contributed by atoms with Crippen molar-refractivity contribution in [3.05, 3.63) is 23.8 Å². The number of thioether (sulfide) groups is 2. The van der Waals surface area contributed by atoms with Crippen LogP contribution in [0.1, 0.15) is 12.0 Å². The molecule has 0 radical (unpaired) electrons. The number of rotatable bonds is 5. The molecule has 0 unspecified atom stereocenters. The van der Waals surface area contributed by atoms with Gasteiger partial charge in [-0.15, -0.1) is 23.5 Å². The SMILES string of the molecule is CSc1cccc(SC)c1CCC=O. The molecule has 3 heteroatoms. The number of hydrogen-bond donors (Lipinski definition) is 0. The van der Waals surface area contributed by atoms with Crippen molar-refractivity contribution in [1.82, 2.24) is 0 Å². The Balaban J connectivity index is 2.99. The smallest absolute Gasteiger partial charge is 0.120 e. The van der Waals surface area contributed by atoms with E-state index in [1.807, 2.05) is 0 Å². The van der Waals surface area contributed by atoms with Gasteiger partial charge < -0.3 is 4.79 Å². The second kappa shape index (κ2) is 6.14. The van der Waals surface area contributed by atoms with E-state index >= 15 is 0 Å². The third kappa shape index (κ3) is 2.79. The van der Waals surface area contributed by atoms with Crippen LogP contribution in [-0.2, 0) is 11.2 Å². The average molecular weight is 226 g/mol. The van der Waals surface area contributed by atoms with Crippen LogP contribution in [0.2, 0.25) is 0 Å². The first kappa shape index (κ1) is 11.7. The summed E-state index contributed by atoms with van der Waals surface area (Å²) >= 11 is 3.49. The Morgan fingerprint density at radius 2 is 1.79 bits per heavy atom. The quantitative estimate of drug-likeness (QED) is 0.566. The molecule has 0 N–H and O–H groups in total. The molecule has 1 rings (SSSR count). The summed E-state index contributed by atoms with van der Waals surface area (Å²) in [5.74, 6) is 0. The van der Waals surface area contributed by atoms with E-state index in [9.17, 15) is 4.79 Å². The fourth-order valence-corrected chi connectivity index (χ4v) is 2.79. The van der Waals surface area contributed by atoms with E-state index in [2.05, 4.69) is 30.7 Å². The number of carbonyl (C=O) groups excluding carboxylic acids is 1. The van der Waals surface area contributed by atoms with Gasteiger partial charge in [0.1, 0.15) is 6.29 Å². The molecule has 76 valence electrons. The molecular weight excluding hydrogens is 212 g/mol.